The Bertz CT molecular complexity index is 2580. The molecule has 0 spiro atoms. The van der Waals surface area contributed by atoms with Crippen LogP contribution in [0.2, 0.25) is 0 Å². The van der Waals surface area contributed by atoms with E-state index in [4.69, 9.17) is 37.9 Å². The number of hydrogen-bond acceptors (Lipinski definition) is 8. The molecule has 6 aromatic carbocycles. The summed E-state index contributed by atoms with van der Waals surface area (Å²) >= 11 is 0. The molecule has 0 amide bonds. The van der Waals surface area contributed by atoms with Crippen molar-refractivity contribution in [3.8, 4) is 34.5 Å². The number of methoxy groups -OCH3 is 4. The van der Waals surface area contributed by atoms with Gasteiger partial charge in [0, 0.05) is 70.2 Å². The van der Waals surface area contributed by atoms with E-state index >= 15 is 0 Å². The Balaban J connectivity index is 0.000000143. The monoisotopic (exact) mass is 852 g/mol. The van der Waals surface area contributed by atoms with Gasteiger partial charge >= 0.3 is 0 Å². The summed E-state index contributed by atoms with van der Waals surface area (Å²) in [5.41, 5.74) is 11.8. The number of hydrogen-bond donors (Lipinski definition) is 0. The second kappa shape index (κ2) is 15.6. The maximum Gasteiger partial charge on any atom is 0.185 e. The van der Waals surface area contributed by atoms with Crippen molar-refractivity contribution >= 4 is 11.1 Å². The Hall–Kier alpha value is -6.48. The molecule has 0 aromatic heterocycles. The zero-order valence-corrected chi connectivity index (χ0v) is 37.1. The van der Waals surface area contributed by atoms with Crippen LogP contribution in [0.1, 0.15) is 69.5 Å². The molecule has 0 saturated carbocycles. The lowest BCUT2D eigenvalue weighted by Gasteiger charge is -2.40. The SMILES string of the molecule is COc1ccccc1C1(c2ccccc2OC)C=C(C)c2ccc3c(c2O1)C[C@@H]1O[C@@H]1C3.COc1ccccc1C1(c2ccccc2OC)C=C(C)c2ccc3c(c2O1)C[C@H]1O[C@H]1C3. The smallest absolute Gasteiger partial charge is 0.185 e. The minimum Gasteiger partial charge on any atom is -0.496 e. The van der Waals surface area contributed by atoms with Crippen molar-refractivity contribution < 1.29 is 37.9 Å². The summed E-state index contributed by atoms with van der Waals surface area (Å²) in [5.74, 6) is 5.02. The van der Waals surface area contributed by atoms with Crippen molar-refractivity contribution in [2.45, 2.75) is 75.1 Å². The van der Waals surface area contributed by atoms with Crippen molar-refractivity contribution in [1.29, 1.82) is 0 Å². The molecule has 2 fully saturated rings. The van der Waals surface area contributed by atoms with Gasteiger partial charge in [0.15, 0.2) is 11.2 Å². The zero-order chi connectivity index (χ0) is 43.7. The van der Waals surface area contributed by atoms with Gasteiger partial charge in [0.05, 0.1) is 52.9 Å². The largest absolute Gasteiger partial charge is 0.496 e. The summed E-state index contributed by atoms with van der Waals surface area (Å²) in [4.78, 5) is 0. The minimum absolute atomic E-state index is 0.315. The molecule has 4 heterocycles. The highest BCUT2D eigenvalue weighted by Gasteiger charge is 2.49. The summed E-state index contributed by atoms with van der Waals surface area (Å²) in [6, 6.07) is 41.2. The summed E-state index contributed by atoms with van der Waals surface area (Å²) < 4.78 is 49.2. The average Bonchev–Trinajstić information content (AvgIpc) is 4.28. The Morgan fingerprint density at radius 1 is 0.406 bits per heavy atom. The predicted molar refractivity (Wildman–Crippen MR) is 247 cm³/mol. The van der Waals surface area contributed by atoms with E-state index in [1.807, 2.05) is 72.8 Å². The average molecular weight is 853 g/mol. The highest BCUT2D eigenvalue weighted by Crippen LogP contribution is 2.55. The molecule has 8 heteroatoms. The van der Waals surface area contributed by atoms with Crippen LogP contribution in [0.15, 0.2) is 133 Å². The lowest BCUT2D eigenvalue weighted by atomic mass is 9.79. The summed E-state index contributed by atoms with van der Waals surface area (Å²) in [7, 11) is 6.81. The van der Waals surface area contributed by atoms with E-state index in [1.54, 1.807) is 28.4 Å². The van der Waals surface area contributed by atoms with E-state index in [9.17, 15) is 0 Å². The van der Waals surface area contributed by atoms with Gasteiger partial charge in [-0.2, -0.15) is 0 Å². The number of para-hydroxylation sites is 4. The van der Waals surface area contributed by atoms with Gasteiger partial charge in [0.1, 0.15) is 34.5 Å². The number of allylic oxidation sites excluding steroid dienone is 2. The number of fused-ring (bicyclic) bond motifs is 8. The molecule has 0 bridgehead atoms. The molecule has 4 atom stereocenters. The van der Waals surface area contributed by atoms with Crippen LogP contribution in [-0.4, -0.2) is 52.9 Å². The van der Waals surface area contributed by atoms with Crippen molar-refractivity contribution in [3.63, 3.8) is 0 Å². The van der Waals surface area contributed by atoms with Gasteiger partial charge in [-0.25, -0.2) is 0 Å². The zero-order valence-electron chi connectivity index (χ0n) is 37.1. The van der Waals surface area contributed by atoms with E-state index in [-0.39, 0.29) is 0 Å². The molecule has 0 radical (unpaired) electrons. The minimum atomic E-state index is -0.882. The van der Waals surface area contributed by atoms with Crippen LogP contribution in [0.25, 0.3) is 11.1 Å². The van der Waals surface area contributed by atoms with Crippen molar-refractivity contribution in [2.75, 3.05) is 28.4 Å². The molecular weight excluding hydrogens is 801 g/mol. The molecular formula is C56H52O8. The molecule has 6 aromatic rings. The van der Waals surface area contributed by atoms with E-state index in [0.717, 1.165) is 93.6 Å². The predicted octanol–water partition coefficient (Wildman–Crippen LogP) is 10.6. The molecule has 0 N–H and O–H groups in total. The van der Waals surface area contributed by atoms with Crippen LogP contribution in [0.3, 0.4) is 0 Å². The lowest BCUT2D eigenvalue weighted by molar-refractivity contribution is 0.149. The fourth-order valence-corrected chi connectivity index (χ4v) is 10.7. The molecule has 4 aliphatic heterocycles. The Labute approximate surface area is 375 Å². The molecule has 2 aliphatic carbocycles. The van der Waals surface area contributed by atoms with Gasteiger partial charge in [-0.05, 0) is 72.5 Å². The quantitative estimate of drug-likeness (QED) is 0.140. The third kappa shape index (κ3) is 6.49. The standard InChI is InChI=1S/2C28H26O4/c2*1-17-16-28(21-8-4-6-10-23(21)29-2,22-9-5-7-11-24(22)30-3)32-27-19(17)13-12-18-14-25-26(31-25)15-20(18)27/h2*4-13,16,25-26H,14-15H2,1-3H3/t2*25-,26+/m10/s1. The number of rotatable bonds is 8. The van der Waals surface area contributed by atoms with Gasteiger partial charge in [-0.3, -0.25) is 0 Å². The summed E-state index contributed by atoms with van der Waals surface area (Å²) in [5, 5.41) is 0. The molecule has 324 valence electrons. The van der Waals surface area contributed by atoms with Crippen LogP contribution in [0.5, 0.6) is 34.5 Å². The summed E-state index contributed by atoms with van der Waals surface area (Å²) in [6.07, 6.45) is 9.47. The lowest BCUT2D eigenvalue weighted by Crippen LogP contribution is -2.36. The third-order valence-electron chi connectivity index (χ3n) is 14.0. The highest BCUT2D eigenvalue weighted by atomic mass is 16.6. The molecule has 64 heavy (non-hydrogen) atoms. The van der Waals surface area contributed by atoms with Crippen LogP contribution in [0.4, 0.5) is 0 Å². The van der Waals surface area contributed by atoms with Gasteiger partial charge in [0.2, 0.25) is 0 Å². The Kier molecular flexibility index (Phi) is 9.85. The fraction of sp³-hybridized carbons (Fsp3) is 0.286. The van der Waals surface area contributed by atoms with Gasteiger partial charge in [0.25, 0.3) is 0 Å². The molecule has 2 saturated heterocycles. The van der Waals surface area contributed by atoms with Crippen LogP contribution in [-0.2, 0) is 46.4 Å². The fourth-order valence-electron chi connectivity index (χ4n) is 10.7. The van der Waals surface area contributed by atoms with E-state index in [0.29, 0.717) is 24.4 Å². The highest BCUT2D eigenvalue weighted by molar-refractivity contribution is 5.79. The molecule has 6 aliphatic rings. The van der Waals surface area contributed by atoms with E-state index in [1.165, 1.54) is 33.4 Å². The number of epoxide rings is 2. The van der Waals surface area contributed by atoms with Crippen LogP contribution < -0.4 is 28.4 Å². The maximum atomic E-state index is 7.12. The Morgan fingerprint density at radius 2 is 0.719 bits per heavy atom. The van der Waals surface area contributed by atoms with E-state index < -0.39 is 11.2 Å². The normalized spacial score (nSPS) is 21.9. The van der Waals surface area contributed by atoms with Crippen molar-refractivity contribution in [3.05, 3.63) is 189 Å². The Morgan fingerprint density at radius 3 is 1.05 bits per heavy atom. The van der Waals surface area contributed by atoms with Crippen molar-refractivity contribution in [1.82, 2.24) is 0 Å². The summed E-state index contributed by atoms with van der Waals surface area (Å²) in [6.45, 7) is 4.32. The van der Waals surface area contributed by atoms with Crippen molar-refractivity contribution in [2.24, 2.45) is 0 Å². The van der Waals surface area contributed by atoms with Gasteiger partial charge < -0.3 is 37.9 Å². The number of benzene rings is 6. The van der Waals surface area contributed by atoms with Gasteiger partial charge in [-0.1, -0.05) is 97.1 Å². The van der Waals surface area contributed by atoms with E-state index in [2.05, 4.69) is 74.5 Å². The maximum absolute atomic E-state index is 7.12. The second-order valence-electron chi connectivity index (χ2n) is 17.5. The third-order valence-corrected chi connectivity index (χ3v) is 14.0. The van der Waals surface area contributed by atoms with Crippen LogP contribution in [0, 0.1) is 0 Å². The first kappa shape index (κ1) is 40.3. The second-order valence-corrected chi connectivity index (χ2v) is 17.5. The van der Waals surface area contributed by atoms with Gasteiger partial charge in [-0.15, -0.1) is 0 Å². The first-order chi connectivity index (χ1) is 31.3. The molecule has 8 nitrogen and oxygen atoms in total. The molecule has 0 unspecified atom stereocenters. The first-order valence-corrected chi connectivity index (χ1v) is 22.2. The topological polar surface area (TPSA) is 80.4 Å². The van der Waals surface area contributed by atoms with Crippen LogP contribution >= 0.6 is 0 Å². The first-order valence-electron chi connectivity index (χ1n) is 22.2. The number of ether oxygens (including phenoxy) is 8. The molecule has 12 rings (SSSR count).